The van der Waals surface area contributed by atoms with E-state index in [1.165, 1.54) is 11.3 Å². The van der Waals surface area contributed by atoms with E-state index in [4.69, 9.17) is 9.84 Å². The zero-order chi connectivity index (χ0) is 9.84. The quantitative estimate of drug-likeness (QED) is 0.811. The summed E-state index contributed by atoms with van der Waals surface area (Å²) < 4.78 is 5.21. The molecule has 1 heterocycles. The molecule has 72 valence electrons. The van der Waals surface area contributed by atoms with E-state index in [2.05, 4.69) is 0 Å². The van der Waals surface area contributed by atoms with Crippen LogP contribution in [0.1, 0.15) is 27.0 Å². The number of ether oxygens (including phenoxy) is 1. The molecule has 0 aromatic carbocycles. The highest BCUT2D eigenvalue weighted by molar-refractivity contribution is 7.14. The zero-order valence-electron chi connectivity index (χ0n) is 7.66. The summed E-state index contributed by atoms with van der Waals surface area (Å²) in [6, 6.07) is 1.68. The van der Waals surface area contributed by atoms with E-state index in [9.17, 15) is 4.79 Å². The van der Waals surface area contributed by atoms with Gasteiger partial charge in [-0.05, 0) is 25.5 Å². The van der Waals surface area contributed by atoms with E-state index in [1.54, 1.807) is 6.07 Å². The Labute approximate surface area is 81.0 Å². The van der Waals surface area contributed by atoms with Crippen molar-refractivity contribution in [1.29, 1.82) is 0 Å². The Morgan fingerprint density at radius 1 is 1.69 bits per heavy atom. The van der Waals surface area contributed by atoms with Gasteiger partial charge in [0.25, 0.3) is 0 Å². The molecular weight excluding hydrogens is 188 g/mol. The maximum Gasteiger partial charge on any atom is 0.345 e. The minimum absolute atomic E-state index is 0.382. The predicted molar refractivity (Wildman–Crippen MR) is 51.3 cm³/mol. The lowest BCUT2D eigenvalue weighted by Gasteiger charge is -1.98. The lowest BCUT2D eigenvalue weighted by Crippen LogP contribution is -1.93. The fourth-order valence-electron chi connectivity index (χ4n) is 0.981. The molecule has 0 atom stereocenters. The molecule has 3 nitrogen and oxygen atoms in total. The van der Waals surface area contributed by atoms with Crippen molar-refractivity contribution in [3.8, 4) is 0 Å². The lowest BCUT2D eigenvalue weighted by molar-refractivity contribution is 0.0702. The zero-order valence-corrected chi connectivity index (χ0v) is 8.48. The molecular formula is C9H12O3S. The van der Waals surface area contributed by atoms with Crippen LogP contribution in [0, 0.1) is 6.92 Å². The fraction of sp³-hybridized carbons (Fsp3) is 0.444. The second-order valence-corrected chi connectivity index (χ2v) is 3.89. The van der Waals surface area contributed by atoms with Gasteiger partial charge in [0, 0.05) is 11.5 Å². The van der Waals surface area contributed by atoms with Crippen LogP contribution in [0.25, 0.3) is 0 Å². The molecule has 13 heavy (non-hydrogen) atoms. The summed E-state index contributed by atoms with van der Waals surface area (Å²) in [6.07, 6.45) is 0. The molecule has 0 bridgehead atoms. The number of aryl methyl sites for hydroxylation is 1. The number of hydrogen-bond acceptors (Lipinski definition) is 3. The molecule has 1 aromatic heterocycles. The van der Waals surface area contributed by atoms with Gasteiger partial charge in [-0.3, -0.25) is 0 Å². The molecule has 0 spiro atoms. The lowest BCUT2D eigenvalue weighted by atomic mass is 10.2. The van der Waals surface area contributed by atoms with Crippen LogP contribution in [-0.4, -0.2) is 17.7 Å². The Morgan fingerprint density at radius 2 is 2.38 bits per heavy atom. The minimum Gasteiger partial charge on any atom is -0.477 e. The molecule has 0 aliphatic heterocycles. The summed E-state index contributed by atoms with van der Waals surface area (Å²) in [5.74, 6) is -0.865. The summed E-state index contributed by atoms with van der Waals surface area (Å²) in [7, 11) is 0. The van der Waals surface area contributed by atoms with Crippen molar-refractivity contribution in [2.24, 2.45) is 0 Å². The molecule has 0 saturated carbocycles. The van der Waals surface area contributed by atoms with E-state index in [-0.39, 0.29) is 0 Å². The number of carbonyl (C=O) groups is 1. The van der Waals surface area contributed by atoms with Gasteiger partial charge in [0.1, 0.15) is 4.88 Å². The average molecular weight is 200 g/mol. The maximum atomic E-state index is 10.6. The van der Waals surface area contributed by atoms with Crippen LogP contribution < -0.4 is 0 Å². The van der Waals surface area contributed by atoms with Crippen molar-refractivity contribution in [1.82, 2.24) is 0 Å². The predicted octanol–water partition coefficient (Wildman–Crippen LogP) is 2.29. The van der Waals surface area contributed by atoms with Crippen molar-refractivity contribution >= 4 is 17.3 Å². The van der Waals surface area contributed by atoms with Crippen LogP contribution in [0.4, 0.5) is 0 Å². The van der Waals surface area contributed by atoms with Gasteiger partial charge in [-0.1, -0.05) is 0 Å². The topological polar surface area (TPSA) is 46.5 Å². The largest absolute Gasteiger partial charge is 0.477 e. The fourth-order valence-corrected chi connectivity index (χ4v) is 1.85. The smallest absolute Gasteiger partial charge is 0.345 e. The number of carboxylic acids is 1. The van der Waals surface area contributed by atoms with Crippen LogP contribution in [-0.2, 0) is 11.3 Å². The summed E-state index contributed by atoms with van der Waals surface area (Å²) in [4.78, 5) is 12.0. The molecule has 0 aliphatic carbocycles. The van der Waals surface area contributed by atoms with Gasteiger partial charge in [-0.15, -0.1) is 11.3 Å². The normalized spacial score (nSPS) is 10.3. The van der Waals surface area contributed by atoms with Gasteiger partial charge in [-0.25, -0.2) is 4.79 Å². The van der Waals surface area contributed by atoms with Gasteiger partial charge < -0.3 is 9.84 Å². The number of rotatable bonds is 4. The van der Waals surface area contributed by atoms with E-state index < -0.39 is 5.97 Å². The number of carboxylic acid groups (broad SMARTS) is 1. The highest BCUT2D eigenvalue weighted by atomic mass is 32.1. The van der Waals surface area contributed by atoms with E-state index >= 15 is 0 Å². The first-order valence-electron chi connectivity index (χ1n) is 4.05. The van der Waals surface area contributed by atoms with Crippen LogP contribution >= 0.6 is 11.3 Å². The van der Waals surface area contributed by atoms with Crippen LogP contribution in [0.5, 0.6) is 0 Å². The Bertz CT molecular complexity index is 304. The molecule has 0 aliphatic rings. The Morgan fingerprint density at radius 3 is 2.85 bits per heavy atom. The van der Waals surface area contributed by atoms with Gasteiger partial charge in [0.05, 0.1) is 6.61 Å². The molecule has 1 aromatic rings. The third-order valence-electron chi connectivity index (χ3n) is 1.69. The van der Waals surface area contributed by atoms with Crippen molar-refractivity contribution in [2.45, 2.75) is 20.5 Å². The molecule has 0 radical (unpaired) electrons. The molecule has 0 saturated heterocycles. The number of thiophene rings is 1. The van der Waals surface area contributed by atoms with Crippen molar-refractivity contribution in [3.63, 3.8) is 0 Å². The second-order valence-electron chi connectivity index (χ2n) is 2.63. The maximum absolute atomic E-state index is 10.6. The molecule has 1 rings (SSSR count). The summed E-state index contributed by atoms with van der Waals surface area (Å²) in [5, 5.41) is 8.72. The van der Waals surface area contributed by atoms with E-state index in [1.807, 2.05) is 13.8 Å². The molecule has 1 N–H and O–H groups in total. The molecule has 0 amide bonds. The summed E-state index contributed by atoms with van der Waals surface area (Å²) >= 11 is 1.29. The van der Waals surface area contributed by atoms with Crippen molar-refractivity contribution in [2.75, 3.05) is 6.61 Å². The van der Waals surface area contributed by atoms with Crippen molar-refractivity contribution < 1.29 is 14.6 Å². The third-order valence-corrected chi connectivity index (χ3v) is 2.77. The molecule has 0 unspecified atom stereocenters. The van der Waals surface area contributed by atoms with Gasteiger partial charge in [-0.2, -0.15) is 0 Å². The van der Waals surface area contributed by atoms with Gasteiger partial charge >= 0.3 is 5.97 Å². The number of aromatic carboxylic acids is 1. The first kappa shape index (κ1) is 10.2. The number of hydrogen-bond donors (Lipinski definition) is 1. The van der Waals surface area contributed by atoms with Gasteiger partial charge in [0.2, 0.25) is 0 Å². The average Bonchev–Trinajstić information content (AvgIpc) is 2.44. The highest BCUT2D eigenvalue weighted by Crippen LogP contribution is 2.22. The van der Waals surface area contributed by atoms with Crippen LogP contribution in [0.15, 0.2) is 6.07 Å². The first-order valence-corrected chi connectivity index (χ1v) is 4.87. The SMILES string of the molecule is CCOCc1cc(C(=O)O)sc1C. The Kier molecular flexibility index (Phi) is 3.45. The monoisotopic (exact) mass is 200 g/mol. The molecule has 4 heteroatoms. The summed E-state index contributed by atoms with van der Waals surface area (Å²) in [5.41, 5.74) is 0.976. The molecule has 0 fully saturated rings. The van der Waals surface area contributed by atoms with Crippen molar-refractivity contribution in [3.05, 3.63) is 21.4 Å². The second kappa shape index (κ2) is 4.39. The van der Waals surface area contributed by atoms with E-state index in [0.717, 1.165) is 10.4 Å². The van der Waals surface area contributed by atoms with Crippen LogP contribution in [0.3, 0.4) is 0 Å². The third kappa shape index (κ3) is 2.54. The highest BCUT2D eigenvalue weighted by Gasteiger charge is 2.10. The van der Waals surface area contributed by atoms with Gasteiger partial charge in [0.15, 0.2) is 0 Å². The van der Waals surface area contributed by atoms with E-state index in [0.29, 0.717) is 18.1 Å². The standard InChI is InChI=1S/C9H12O3S/c1-3-12-5-7-4-8(9(10)11)13-6(7)2/h4H,3,5H2,1-2H3,(H,10,11). The summed E-state index contributed by atoms with van der Waals surface area (Å²) in [6.45, 7) is 4.98. The first-order chi connectivity index (χ1) is 6.15. The Hall–Kier alpha value is -0.870. The minimum atomic E-state index is -0.865. The van der Waals surface area contributed by atoms with Crippen LogP contribution in [0.2, 0.25) is 0 Å². The Balaban J connectivity index is 2.77.